The van der Waals surface area contributed by atoms with Crippen molar-refractivity contribution >= 4 is 0 Å². The summed E-state index contributed by atoms with van der Waals surface area (Å²) in [6.07, 6.45) is -47.9. The van der Waals surface area contributed by atoms with E-state index in [0.29, 0.717) is 0 Å². The molecule has 0 bridgehead atoms. The largest absolute Gasteiger partial charge is 3.00 e. The molecule has 0 fully saturated rings. The molecule has 198 valence electrons. The number of halogens is 18. The number of rotatable bonds is 0. The van der Waals surface area contributed by atoms with Gasteiger partial charge in [-0.2, -0.15) is 79.0 Å². The maximum atomic E-state index is 10.9. The van der Waals surface area contributed by atoms with E-state index in [0.717, 1.165) is 0 Å². The fourth-order valence-corrected chi connectivity index (χ4v) is 0.557. The van der Waals surface area contributed by atoms with E-state index in [-0.39, 0.29) is 36.9 Å². The van der Waals surface area contributed by atoms with Crippen molar-refractivity contribution in [3.63, 3.8) is 0 Å². The van der Waals surface area contributed by atoms with Gasteiger partial charge in [-0.05, 0) is 0 Å². The van der Waals surface area contributed by atoms with Crippen LogP contribution in [0.15, 0.2) is 0 Å². The van der Waals surface area contributed by atoms with E-state index in [2.05, 4.69) is 0 Å². The Hall–Kier alpha value is -0.146. The van der Waals surface area contributed by atoms with E-state index in [1.807, 2.05) is 0 Å². The SMILES string of the molecule is [Lu+3].[O-]C(C(F)(F)F)C(F)(F)F.[O-]C(C(F)(F)F)C(F)(F)F.[O-]C(C(F)(F)F)C(F)(F)F. The normalized spacial score (nSPS) is 13.9. The molecule has 0 amide bonds. The van der Waals surface area contributed by atoms with E-state index in [4.69, 9.17) is 0 Å². The quantitative estimate of drug-likeness (QED) is 0.371. The smallest absolute Gasteiger partial charge is 0.839 e. The zero-order valence-electron chi connectivity index (χ0n) is 13.0. The predicted molar refractivity (Wildman–Crippen MR) is 47.7 cm³/mol. The summed E-state index contributed by atoms with van der Waals surface area (Å²) >= 11 is 0. The zero-order valence-corrected chi connectivity index (χ0v) is 14.7. The second-order valence-electron chi connectivity index (χ2n) is 4.39. The summed E-state index contributed by atoms with van der Waals surface area (Å²) < 4.78 is 196. The summed E-state index contributed by atoms with van der Waals surface area (Å²) in [6, 6.07) is 0. The van der Waals surface area contributed by atoms with Crippen LogP contribution in [0.25, 0.3) is 0 Å². The molecule has 0 aliphatic rings. The number of hydrogen-bond donors (Lipinski definition) is 0. The van der Waals surface area contributed by atoms with E-state index in [1.54, 1.807) is 0 Å². The number of hydrogen-bond acceptors (Lipinski definition) is 3. The van der Waals surface area contributed by atoms with Crippen LogP contribution < -0.4 is 15.3 Å². The Bertz CT molecular complexity index is 369. The standard InChI is InChI=1S/3C3HF6O.Lu/c3*4-2(5,6)1(10)3(7,8)9;/h3*1H;/q3*-1;+3. The van der Waals surface area contributed by atoms with Crippen LogP contribution in [-0.4, -0.2) is 55.4 Å². The van der Waals surface area contributed by atoms with Crippen molar-refractivity contribution in [2.45, 2.75) is 55.4 Å². The van der Waals surface area contributed by atoms with Gasteiger partial charge in [0.2, 0.25) is 0 Å². The van der Waals surface area contributed by atoms with Crippen LogP contribution in [0.4, 0.5) is 79.0 Å². The van der Waals surface area contributed by atoms with Gasteiger partial charge in [-0.1, -0.05) is 0 Å². The van der Waals surface area contributed by atoms with Crippen LogP contribution in [0.1, 0.15) is 0 Å². The average Bonchev–Trinajstić information content (AvgIpc) is 2.40. The van der Waals surface area contributed by atoms with Crippen LogP contribution in [0.5, 0.6) is 0 Å². The number of alkyl halides is 18. The Labute approximate surface area is 186 Å². The van der Waals surface area contributed by atoms with E-state index in [1.165, 1.54) is 0 Å². The van der Waals surface area contributed by atoms with E-state index >= 15 is 0 Å². The van der Waals surface area contributed by atoms with Crippen LogP contribution in [0.2, 0.25) is 0 Å². The molecule has 3 nitrogen and oxygen atoms in total. The monoisotopic (exact) mass is 676 g/mol. The van der Waals surface area contributed by atoms with Gasteiger partial charge >= 0.3 is 73.9 Å². The van der Waals surface area contributed by atoms with Gasteiger partial charge in [0.15, 0.2) is 0 Å². The third-order valence-electron chi connectivity index (χ3n) is 1.78. The van der Waals surface area contributed by atoms with Crippen molar-refractivity contribution in [2.24, 2.45) is 0 Å². The zero-order chi connectivity index (χ0) is 25.7. The summed E-state index contributed by atoms with van der Waals surface area (Å²) in [4.78, 5) is 0. The van der Waals surface area contributed by atoms with Crippen molar-refractivity contribution in [2.75, 3.05) is 0 Å². The molecule has 0 N–H and O–H groups in total. The molecule has 0 saturated heterocycles. The molecule has 0 heterocycles. The summed E-state index contributed by atoms with van der Waals surface area (Å²) in [5.74, 6) is 0. The Morgan fingerprint density at radius 3 is 0.355 bits per heavy atom. The van der Waals surface area contributed by atoms with Crippen LogP contribution in [0.3, 0.4) is 0 Å². The third-order valence-corrected chi connectivity index (χ3v) is 1.78. The average molecular weight is 676 g/mol. The van der Waals surface area contributed by atoms with Crippen molar-refractivity contribution in [3.8, 4) is 0 Å². The Kier molecular flexibility index (Phi) is 15.2. The summed E-state index contributed by atoms with van der Waals surface area (Å²) in [5, 5.41) is 28.0. The Morgan fingerprint density at radius 1 is 0.290 bits per heavy atom. The molecule has 0 unspecified atom stereocenters. The minimum atomic E-state index is -5.74. The molecule has 31 heavy (non-hydrogen) atoms. The van der Waals surface area contributed by atoms with Crippen LogP contribution in [0, 0.1) is 36.9 Å². The predicted octanol–water partition coefficient (Wildman–Crippen LogP) is 2.52. The van der Waals surface area contributed by atoms with Gasteiger partial charge in [-0.3, -0.25) is 0 Å². The van der Waals surface area contributed by atoms with Gasteiger partial charge in [0.25, 0.3) is 0 Å². The van der Waals surface area contributed by atoms with Gasteiger partial charge in [0, 0.05) is 0 Å². The molecule has 0 aromatic carbocycles. The van der Waals surface area contributed by atoms with Gasteiger partial charge in [0.05, 0.1) is 18.3 Å². The first-order valence-electron chi connectivity index (χ1n) is 5.84. The minimum absolute atomic E-state index is 0. The molecule has 0 rings (SSSR count). The fourth-order valence-electron chi connectivity index (χ4n) is 0.557. The molecule has 0 radical (unpaired) electrons. The molecule has 0 aliphatic heterocycles. The molecular weight excluding hydrogens is 673 g/mol. The molecule has 0 aromatic rings. The van der Waals surface area contributed by atoms with E-state index < -0.39 is 55.4 Å². The van der Waals surface area contributed by atoms with E-state index in [9.17, 15) is 94.3 Å². The van der Waals surface area contributed by atoms with Crippen molar-refractivity contribution < 1.29 is 131 Å². The minimum Gasteiger partial charge on any atom is -0.839 e. The maximum absolute atomic E-state index is 10.9. The second-order valence-corrected chi connectivity index (χ2v) is 4.39. The topological polar surface area (TPSA) is 69.2 Å². The molecular formula is C9H3F18LuO3. The molecule has 0 aromatic heterocycles. The summed E-state index contributed by atoms with van der Waals surface area (Å²) in [5.41, 5.74) is 0. The fraction of sp³-hybridized carbons (Fsp3) is 1.00. The third kappa shape index (κ3) is 18.0. The Morgan fingerprint density at radius 2 is 0.355 bits per heavy atom. The Balaban J connectivity index is -0.000000174. The molecule has 0 atom stereocenters. The molecule has 0 saturated carbocycles. The summed E-state index contributed by atoms with van der Waals surface area (Å²) in [7, 11) is 0. The molecule has 0 spiro atoms. The van der Waals surface area contributed by atoms with Crippen molar-refractivity contribution in [1.82, 2.24) is 0 Å². The van der Waals surface area contributed by atoms with Gasteiger partial charge in [-0.25, -0.2) is 0 Å². The first-order valence-corrected chi connectivity index (χ1v) is 5.84. The first-order chi connectivity index (χ1) is 12.5. The maximum Gasteiger partial charge on any atom is 3.00 e. The molecule has 0 aliphatic carbocycles. The van der Waals surface area contributed by atoms with Gasteiger partial charge < -0.3 is 15.3 Å². The van der Waals surface area contributed by atoms with Crippen molar-refractivity contribution in [3.05, 3.63) is 0 Å². The van der Waals surface area contributed by atoms with Crippen LogP contribution in [-0.2, 0) is 0 Å². The van der Waals surface area contributed by atoms with Crippen LogP contribution >= 0.6 is 0 Å². The van der Waals surface area contributed by atoms with Gasteiger partial charge in [-0.15, -0.1) is 0 Å². The first kappa shape index (κ1) is 38.1. The summed E-state index contributed by atoms with van der Waals surface area (Å²) in [6.45, 7) is 0. The van der Waals surface area contributed by atoms with Gasteiger partial charge in [0.1, 0.15) is 0 Å². The second kappa shape index (κ2) is 12.4. The van der Waals surface area contributed by atoms with Crippen molar-refractivity contribution in [1.29, 1.82) is 0 Å². The molecule has 22 heteroatoms.